The summed E-state index contributed by atoms with van der Waals surface area (Å²) in [6.07, 6.45) is 3.77. The van der Waals surface area contributed by atoms with Gasteiger partial charge < -0.3 is 0 Å². The van der Waals surface area contributed by atoms with Gasteiger partial charge in [0.25, 0.3) is 5.69 Å². The highest BCUT2D eigenvalue weighted by Gasteiger charge is 2.02. The molecule has 0 fully saturated rings. The number of hydrazone groups is 1. The fourth-order valence-electron chi connectivity index (χ4n) is 2.14. The van der Waals surface area contributed by atoms with Crippen molar-refractivity contribution in [3.63, 3.8) is 0 Å². The maximum atomic E-state index is 10.6. The number of nitro groups is 1. The van der Waals surface area contributed by atoms with E-state index in [1.54, 1.807) is 18.3 Å². The molecule has 5 heteroatoms. The summed E-state index contributed by atoms with van der Waals surface area (Å²) in [5.41, 5.74) is 7.06. The van der Waals surface area contributed by atoms with Gasteiger partial charge in [0.15, 0.2) is 0 Å². The van der Waals surface area contributed by atoms with Crippen LogP contribution in [0, 0.1) is 10.1 Å². The first-order chi connectivity index (χ1) is 11.5. The first-order valence-corrected chi connectivity index (χ1v) is 7.77. The molecule has 0 saturated heterocycles. The van der Waals surface area contributed by atoms with Crippen molar-refractivity contribution in [2.24, 2.45) is 5.10 Å². The molecule has 0 heterocycles. The van der Waals surface area contributed by atoms with Crippen LogP contribution in [0.3, 0.4) is 0 Å². The fraction of sp³-hybridized carbons (Fsp3) is 0.211. The summed E-state index contributed by atoms with van der Waals surface area (Å²) in [6, 6.07) is 14.6. The number of hydrogen-bond donors (Lipinski definition) is 1. The Labute approximate surface area is 141 Å². The van der Waals surface area contributed by atoms with E-state index in [0.717, 1.165) is 11.1 Å². The molecule has 0 radical (unpaired) electrons. The zero-order valence-corrected chi connectivity index (χ0v) is 14.1. The third kappa shape index (κ3) is 5.05. The van der Waals surface area contributed by atoms with E-state index in [0.29, 0.717) is 11.6 Å². The van der Waals surface area contributed by atoms with Crippen LogP contribution in [0.15, 0.2) is 59.2 Å². The van der Waals surface area contributed by atoms with Crippen LogP contribution in [0.4, 0.5) is 11.4 Å². The number of hydrogen-bond acceptors (Lipinski definition) is 4. The smallest absolute Gasteiger partial charge is 0.269 e. The SMILES string of the molecule is CC(=C/c1ccc(C(C)C)cc1)/C=N/Nc1ccc([N+](=O)[O-])cc1. The van der Waals surface area contributed by atoms with Crippen LogP contribution >= 0.6 is 0 Å². The summed E-state index contributed by atoms with van der Waals surface area (Å²) in [7, 11) is 0. The molecule has 0 aliphatic carbocycles. The molecule has 124 valence electrons. The molecular weight excluding hydrogens is 302 g/mol. The van der Waals surface area contributed by atoms with Crippen molar-refractivity contribution < 1.29 is 4.92 Å². The third-order valence-corrected chi connectivity index (χ3v) is 3.54. The van der Waals surface area contributed by atoms with E-state index >= 15 is 0 Å². The predicted molar refractivity (Wildman–Crippen MR) is 99.4 cm³/mol. The summed E-state index contributed by atoms with van der Waals surface area (Å²) in [5, 5.41) is 14.7. The Morgan fingerprint density at radius 2 is 1.75 bits per heavy atom. The van der Waals surface area contributed by atoms with E-state index in [9.17, 15) is 10.1 Å². The molecule has 2 aromatic carbocycles. The average molecular weight is 323 g/mol. The number of nitro benzene ring substituents is 1. The molecule has 0 spiro atoms. The third-order valence-electron chi connectivity index (χ3n) is 3.54. The van der Waals surface area contributed by atoms with Gasteiger partial charge in [-0.25, -0.2) is 0 Å². The van der Waals surface area contributed by atoms with E-state index in [-0.39, 0.29) is 5.69 Å². The number of non-ortho nitro benzene ring substituents is 1. The van der Waals surface area contributed by atoms with Crippen LogP contribution in [0.1, 0.15) is 37.8 Å². The highest BCUT2D eigenvalue weighted by molar-refractivity contribution is 5.85. The zero-order valence-electron chi connectivity index (χ0n) is 14.1. The molecule has 0 aliphatic heterocycles. The average Bonchev–Trinajstić information content (AvgIpc) is 2.55. The Bertz CT molecular complexity index is 745. The quantitative estimate of drug-likeness (QED) is 0.450. The lowest BCUT2D eigenvalue weighted by Crippen LogP contribution is -1.92. The van der Waals surface area contributed by atoms with Gasteiger partial charge in [0.1, 0.15) is 0 Å². The summed E-state index contributed by atoms with van der Waals surface area (Å²) in [4.78, 5) is 10.2. The highest BCUT2D eigenvalue weighted by Crippen LogP contribution is 2.17. The summed E-state index contributed by atoms with van der Waals surface area (Å²) >= 11 is 0. The van der Waals surface area contributed by atoms with Gasteiger partial charge in [-0.3, -0.25) is 15.5 Å². The van der Waals surface area contributed by atoms with Crippen molar-refractivity contribution in [3.8, 4) is 0 Å². The monoisotopic (exact) mass is 323 g/mol. The second kappa shape index (κ2) is 8.06. The predicted octanol–water partition coefficient (Wildman–Crippen LogP) is 5.22. The molecular formula is C19H21N3O2. The molecule has 0 aromatic heterocycles. The molecule has 5 nitrogen and oxygen atoms in total. The number of rotatable bonds is 6. The van der Waals surface area contributed by atoms with Gasteiger partial charge >= 0.3 is 0 Å². The number of nitrogens with zero attached hydrogens (tertiary/aromatic N) is 2. The molecule has 2 rings (SSSR count). The maximum Gasteiger partial charge on any atom is 0.269 e. The molecule has 0 atom stereocenters. The largest absolute Gasteiger partial charge is 0.279 e. The van der Waals surface area contributed by atoms with Crippen LogP contribution in [0.2, 0.25) is 0 Å². The topological polar surface area (TPSA) is 67.5 Å². The molecule has 0 bridgehead atoms. The van der Waals surface area contributed by atoms with E-state index in [2.05, 4.69) is 48.6 Å². The van der Waals surface area contributed by atoms with Gasteiger partial charge in [-0.15, -0.1) is 0 Å². The molecule has 2 aromatic rings. The second-order valence-corrected chi connectivity index (χ2v) is 5.88. The van der Waals surface area contributed by atoms with Gasteiger partial charge in [-0.1, -0.05) is 44.2 Å². The molecule has 0 amide bonds. The van der Waals surface area contributed by atoms with Crippen molar-refractivity contribution in [2.75, 3.05) is 5.43 Å². The Hall–Kier alpha value is -2.95. The summed E-state index contributed by atoms with van der Waals surface area (Å²) in [5.74, 6) is 0.525. The molecule has 0 saturated carbocycles. The normalized spacial score (nSPS) is 11.9. The van der Waals surface area contributed by atoms with Crippen LogP contribution in [0.25, 0.3) is 6.08 Å². The Balaban J connectivity index is 1.96. The molecule has 0 aliphatic rings. The van der Waals surface area contributed by atoms with Crippen LogP contribution in [-0.2, 0) is 0 Å². The van der Waals surface area contributed by atoms with Crippen LogP contribution < -0.4 is 5.43 Å². The van der Waals surface area contributed by atoms with Gasteiger partial charge in [0, 0.05) is 12.1 Å². The van der Waals surface area contributed by atoms with Crippen LogP contribution in [0.5, 0.6) is 0 Å². The van der Waals surface area contributed by atoms with Gasteiger partial charge in [-0.2, -0.15) is 5.10 Å². The number of nitrogens with one attached hydrogen (secondary N) is 1. The van der Waals surface area contributed by atoms with Crippen molar-refractivity contribution in [2.45, 2.75) is 26.7 Å². The minimum absolute atomic E-state index is 0.0606. The first kappa shape index (κ1) is 17.4. The Kier molecular flexibility index (Phi) is 5.84. The number of benzene rings is 2. The molecule has 24 heavy (non-hydrogen) atoms. The summed E-state index contributed by atoms with van der Waals surface area (Å²) < 4.78 is 0. The van der Waals surface area contributed by atoms with Gasteiger partial charge in [0.05, 0.1) is 16.8 Å². The van der Waals surface area contributed by atoms with Crippen molar-refractivity contribution in [3.05, 3.63) is 75.3 Å². The van der Waals surface area contributed by atoms with E-state index in [1.165, 1.54) is 17.7 Å². The second-order valence-electron chi connectivity index (χ2n) is 5.88. The molecule has 1 N–H and O–H groups in total. The first-order valence-electron chi connectivity index (χ1n) is 7.77. The minimum Gasteiger partial charge on any atom is -0.279 e. The lowest BCUT2D eigenvalue weighted by atomic mass is 10.0. The number of allylic oxidation sites excluding steroid dienone is 1. The fourth-order valence-corrected chi connectivity index (χ4v) is 2.14. The van der Waals surface area contributed by atoms with Crippen molar-refractivity contribution >= 4 is 23.7 Å². The van der Waals surface area contributed by atoms with E-state index < -0.39 is 4.92 Å². The van der Waals surface area contributed by atoms with E-state index in [1.807, 2.05) is 13.0 Å². The highest BCUT2D eigenvalue weighted by atomic mass is 16.6. The lowest BCUT2D eigenvalue weighted by Gasteiger charge is -2.05. The lowest BCUT2D eigenvalue weighted by molar-refractivity contribution is -0.384. The van der Waals surface area contributed by atoms with E-state index in [4.69, 9.17) is 0 Å². The maximum absolute atomic E-state index is 10.6. The standard InChI is InChI=1S/C19H21N3O2/c1-14(2)17-6-4-16(5-7-17)12-15(3)13-20-21-18-8-10-19(11-9-18)22(23)24/h4-14,21H,1-3H3/b15-12-,20-13+. The van der Waals surface area contributed by atoms with Crippen molar-refractivity contribution in [1.29, 1.82) is 0 Å². The Morgan fingerprint density at radius 1 is 1.12 bits per heavy atom. The van der Waals surface area contributed by atoms with Crippen molar-refractivity contribution in [1.82, 2.24) is 0 Å². The Morgan fingerprint density at radius 3 is 2.29 bits per heavy atom. The van der Waals surface area contributed by atoms with Gasteiger partial charge in [-0.05, 0) is 41.7 Å². The number of anilines is 1. The molecule has 0 unspecified atom stereocenters. The zero-order chi connectivity index (χ0) is 17.5. The summed E-state index contributed by atoms with van der Waals surface area (Å²) in [6.45, 7) is 6.32. The van der Waals surface area contributed by atoms with Crippen LogP contribution in [-0.4, -0.2) is 11.1 Å². The van der Waals surface area contributed by atoms with Gasteiger partial charge in [0.2, 0.25) is 0 Å². The minimum atomic E-state index is -0.426.